The molecule has 3 rings (SSSR count). The highest BCUT2D eigenvalue weighted by molar-refractivity contribution is 5.26. The second-order valence-corrected chi connectivity index (χ2v) is 5.70. The van der Waals surface area contributed by atoms with E-state index in [0.29, 0.717) is 17.9 Å². The molecule has 0 bridgehead atoms. The lowest BCUT2D eigenvalue weighted by Gasteiger charge is -2.35. The molecule has 7 heteroatoms. The Morgan fingerprint density at radius 3 is 2.61 bits per heavy atom. The molecule has 1 fully saturated rings. The summed E-state index contributed by atoms with van der Waals surface area (Å²) in [5.74, 6) is 1.33. The average molecular weight is 313 g/mol. The van der Waals surface area contributed by atoms with Gasteiger partial charge in [0, 0.05) is 44.8 Å². The first-order valence-corrected chi connectivity index (χ1v) is 8.03. The summed E-state index contributed by atoms with van der Waals surface area (Å²) in [5, 5.41) is 5.96. The maximum atomic E-state index is 4.63. The van der Waals surface area contributed by atoms with Crippen LogP contribution in [0.1, 0.15) is 36.6 Å². The van der Waals surface area contributed by atoms with Gasteiger partial charge in [0.15, 0.2) is 0 Å². The Morgan fingerprint density at radius 2 is 1.87 bits per heavy atom. The first-order valence-electron chi connectivity index (χ1n) is 8.03. The first-order chi connectivity index (χ1) is 11.3. The van der Waals surface area contributed by atoms with Crippen LogP contribution in [0.25, 0.3) is 0 Å². The van der Waals surface area contributed by atoms with Crippen LogP contribution < -0.4 is 10.6 Å². The molecule has 0 aromatic carbocycles. The van der Waals surface area contributed by atoms with E-state index < -0.39 is 0 Å². The Morgan fingerprint density at radius 1 is 1.09 bits per heavy atom. The number of anilines is 2. The van der Waals surface area contributed by atoms with Crippen molar-refractivity contribution in [2.75, 3.05) is 31.3 Å². The fourth-order valence-corrected chi connectivity index (χ4v) is 2.99. The zero-order chi connectivity index (χ0) is 16.1. The summed E-state index contributed by atoms with van der Waals surface area (Å²) in [4.78, 5) is 19.9. The van der Waals surface area contributed by atoms with Gasteiger partial charge in [0.25, 0.3) is 0 Å². The van der Waals surface area contributed by atoms with E-state index in [4.69, 9.17) is 0 Å². The molecule has 1 aliphatic rings. The summed E-state index contributed by atoms with van der Waals surface area (Å²) in [6, 6.07) is 2.34. The number of likely N-dealkylation sites (tertiary alicyclic amines) is 1. The van der Waals surface area contributed by atoms with Gasteiger partial charge in [-0.1, -0.05) is 6.42 Å². The van der Waals surface area contributed by atoms with E-state index in [9.17, 15) is 0 Å². The molecule has 2 N–H and O–H groups in total. The van der Waals surface area contributed by atoms with Crippen LogP contribution in [0.15, 0.2) is 24.7 Å². The molecular formula is C16H23N7. The van der Waals surface area contributed by atoms with Crippen molar-refractivity contribution in [2.45, 2.75) is 31.8 Å². The fraction of sp³-hybridized carbons (Fsp3) is 0.500. The van der Waals surface area contributed by atoms with Crippen LogP contribution in [-0.4, -0.2) is 45.5 Å². The molecule has 1 unspecified atom stereocenters. The molecule has 1 saturated heterocycles. The van der Waals surface area contributed by atoms with Gasteiger partial charge in [0.1, 0.15) is 0 Å². The van der Waals surface area contributed by atoms with Crippen molar-refractivity contribution in [1.82, 2.24) is 24.8 Å². The van der Waals surface area contributed by atoms with Crippen molar-refractivity contribution < 1.29 is 0 Å². The van der Waals surface area contributed by atoms with Crippen LogP contribution in [0.4, 0.5) is 11.9 Å². The Kier molecular flexibility index (Phi) is 4.97. The SMILES string of the molecule is CNc1ncc(CN2CCCCC2c2ccnc(NC)n2)cn1. The van der Waals surface area contributed by atoms with E-state index in [-0.39, 0.29) is 0 Å². The standard InChI is InChI=1S/C16H23N7/c1-17-15-20-9-12(10-21-15)11-23-8-4-3-5-14(23)13-6-7-19-16(18-2)22-13/h6-7,9-10,14H,3-5,8,11H2,1-2H3,(H,17,20,21)(H,18,19,22). The van der Waals surface area contributed by atoms with Crippen molar-refractivity contribution in [3.05, 3.63) is 35.9 Å². The minimum atomic E-state index is 0.322. The highest BCUT2D eigenvalue weighted by Gasteiger charge is 2.25. The van der Waals surface area contributed by atoms with Gasteiger partial charge in [-0.25, -0.2) is 19.9 Å². The molecule has 122 valence electrons. The maximum Gasteiger partial charge on any atom is 0.222 e. The Balaban J connectivity index is 1.77. The molecule has 7 nitrogen and oxygen atoms in total. The summed E-state index contributed by atoms with van der Waals surface area (Å²) in [6.45, 7) is 1.91. The molecule has 0 amide bonds. The maximum absolute atomic E-state index is 4.63. The number of hydrogen-bond donors (Lipinski definition) is 2. The third-order valence-corrected chi connectivity index (χ3v) is 4.17. The third-order valence-electron chi connectivity index (χ3n) is 4.17. The molecule has 0 spiro atoms. The van der Waals surface area contributed by atoms with Gasteiger partial charge < -0.3 is 10.6 Å². The first kappa shape index (κ1) is 15.6. The molecule has 3 heterocycles. The number of rotatable bonds is 5. The Bertz CT molecular complexity index is 629. The fourth-order valence-electron chi connectivity index (χ4n) is 2.99. The minimum absolute atomic E-state index is 0.322. The third kappa shape index (κ3) is 3.73. The second kappa shape index (κ2) is 7.32. The van der Waals surface area contributed by atoms with E-state index in [1.54, 1.807) is 0 Å². The van der Waals surface area contributed by atoms with E-state index in [1.807, 2.05) is 38.8 Å². The van der Waals surface area contributed by atoms with Crippen molar-refractivity contribution >= 4 is 11.9 Å². The highest BCUT2D eigenvalue weighted by Crippen LogP contribution is 2.31. The molecular weight excluding hydrogens is 290 g/mol. The summed E-state index contributed by atoms with van der Waals surface area (Å²) < 4.78 is 0. The average Bonchev–Trinajstić information content (AvgIpc) is 2.63. The summed E-state index contributed by atoms with van der Waals surface area (Å²) >= 11 is 0. The zero-order valence-corrected chi connectivity index (χ0v) is 13.7. The lowest BCUT2D eigenvalue weighted by atomic mass is 9.98. The number of hydrogen-bond acceptors (Lipinski definition) is 7. The summed E-state index contributed by atoms with van der Waals surface area (Å²) in [6.07, 6.45) is 9.18. The smallest absolute Gasteiger partial charge is 0.222 e. The Hall–Kier alpha value is -2.28. The predicted molar refractivity (Wildman–Crippen MR) is 90.2 cm³/mol. The van der Waals surface area contributed by atoms with Crippen LogP contribution in [0, 0.1) is 0 Å². The molecule has 0 radical (unpaired) electrons. The van der Waals surface area contributed by atoms with Gasteiger partial charge in [-0.2, -0.15) is 0 Å². The summed E-state index contributed by atoms with van der Waals surface area (Å²) in [5.41, 5.74) is 2.20. The number of aromatic nitrogens is 4. The number of nitrogens with one attached hydrogen (secondary N) is 2. The van der Waals surface area contributed by atoms with Crippen LogP contribution in [0.2, 0.25) is 0 Å². The topological polar surface area (TPSA) is 78.9 Å². The Labute approximate surface area is 136 Å². The highest BCUT2D eigenvalue weighted by atomic mass is 15.2. The van der Waals surface area contributed by atoms with Gasteiger partial charge in [-0.05, 0) is 25.5 Å². The predicted octanol–water partition coefficient (Wildman–Crippen LogP) is 2.08. The van der Waals surface area contributed by atoms with Gasteiger partial charge in [0.05, 0.1) is 11.7 Å². The van der Waals surface area contributed by atoms with Crippen LogP contribution in [-0.2, 0) is 6.54 Å². The molecule has 0 aliphatic carbocycles. The molecule has 23 heavy (non-hydrogen) atoms. The lowest BCUT2D eigenvalue weighted by molar-refractivity contribution is 0.137. The van der Waals surface area contributed by atoms with Crippen molar-refractivity contribution in [3.8, 4) is 0 Å². The zero-order valence-electron chi connectivity index (χ0n) is 13.7. The van der Waals surface area contributed by atoms with Crippen LogP contribution >= 0.6 is 0 Å². The molecule has 2 aromatic heterocycles. The quantitative estimate of drug-likeness (QED) is 0.875. The largest absolute Gasteiger partial charge is 0.357 e. The normalized spacial score (nSPS) is 18.6. The van der Waals surface area contributed by atoms with Gasteiger partial charge >= 0.3 is 0 Å². The van der Waals surface area contributed by atoms with E-state index in [0.717, 1.165) is 30.8 Å². The van der Waals surface area contributed by atoms with Crippen molar-refractivity contribution in [2.24, 2.45) is 0 Å². The lowest BCUT2D eigenvalue weighted by Crippen LogP contribution is -2.33. The second-order valence-electron chi connectivity index (χ2n) is 5.70. The number of nitrogens with zero attached hydrogens (tertiary/aromatic N) is 5. The number of piperidine rings is 1. The van der Waals surface area contributed by atoms with Gasteiger partial charge in [-0.3, -0.25) is 4.90 Å². The molecule has 1 atom stereocenters. The van der Waals surface area contributed by atoms with Crippen LogP contribution in [0.3, 0.4) is 0 Å². The van der Waals surface area contributed by atoms with Crippen molar-refractivity contribution in [1.29, 1.82) is 0 Å². The van der Waals surface area contributed by atoms with Gasteiger partial charge in [0.2, 0.25) is 11.9 Å². The molecule has 2 aromatic rings. The van der Waals surface area contributed by atoms with Crippen LogP contribution in [0.5, 0.6) is 0 Å². The van der Waals surface area contributed by atoms with E-state index >= 15 is 0 Å². The van der Waals surface area contributed by atoms with Gasteiger partial charge in [-0.15, -0.1) is 0 Å². The van der Waals surface area contributed by atoms with E-state index in [2.05, 4.69) is 35.5 Å². The minimum Gasteiger partial charge on any atom is -0.357 e. The molecule has 1 aliphatic heterocycles. The van der Waals surface area contributed by atoms with E-state index in [1.165, 1.54) is 12.8 Å². The van der Waals surface area contributed by atoms with Crippen molar-refractivity contribution in [3.63, 3.8) is 0 Å². The summed E-state index contributed by atoms with van der Waals surface area (Å²) in [7, 11) is 3.67. The molecule has 0 saturated carbocycles. The monoisotopic (exact) mass is 313 g/mol.